The third-order valence-corrected chi connectivity index (χ3v) is 4.78. The standard InChI is InChI=1S/C20H18N3O2S/c21-16-9-8-15(18-2-1-11-26-18)12-17(16)23-20(25)14-6-3-13(4-7-14)5-10-19(22)24/h1-4,6-12H,5,21H2,(H2,22,24)(H,23,25). The van der Waals surface area contributed by atoms with Crippen LogP contribution in [-0.4, -0.2) is 11.8 Å². The van der Waals surface area contributed by atoms with E-state index in [4.69, 9.17) is 11.5 Å². The molecule has 0 saturated heterocycles. The van der Waals surface area contributed by atoms with E-state index in [-0.39, 0.29) is 5.91 Å². The van der Waals surface area contributed by atoms with E-state index >= 15 is 0 Å². The number of carbonyl (C=O) groups is 2. The number of nitrogen functional groups attached to an aromatic ring is 1. The van der Waals surface area contributed by atoms with E-state index < -0.39 is 5.91 Å². The van der Waals surface area contributed by atoms with E-state index in [1.165, 1.54) is 6.42 Å². The molecule has 0 unspecified atom stereocenters. The molecular formula is C20H18N3O2S. The average molecular weight is 364 g/mol. The first-order chi connectivity index (χ1) is 12.5. The van der Waals surface area contributed by atoms with Crippen molar-refractivity contribution < 1.29 is 9.59 Å². The van der Waals surface area contributed by atoms with Gasteiger partial charge in [0.2, 0.25) is 5.91 Å². The number of rotatable bonds is 6. The summed E-state index contributed by atoms with van der Waals surface area (Å²) in [6.45, 7) is 0. The Balaban J connectivity index is 1.73. The molecule has 0 bridgehead atoms. The number of hydrogen-bond acceptors (Lipinski definition) is 4. The Morgan fingerprint density at radius 3 is 2.50 bits per heavy atom. The molecule has 5 nitrogen and oxygen atoms in total. The lowest BCUT2D eigenvalue weighted by Crippen LogP contribution is -2.14. The van der Waals surface area contributed by atoms with Gasteiger partial charge < -0.3 is 16.8 Å². The van der Waals surface area contributed by atoms with Gasteiger partial charge >= 0.3 is 0 Å². The van der Waals surface area contributed by atoms with Crippen LogP contribution in [0.25, 0.3) is 10.4 Å². The highest BCUT2D eigenvalue weighted by molar-refractivity contribution is 7.13. The summed E-state index contributed by atoms with van der Waals surface area (Å²) in [7, 11) is 0. The average Bonchev–Trinajstić information content (AvgIpc) is 3.17. The molecule has 0 atom stereocenters. The topological polar surface area (TPSA) is 98.2 Å². The molecule has 5 N–H and O–H groups in total. The van der Waals surface area contributed by atoms with Gasteiger partial charge in [0.25, 0.3) is 5.91 Å². The number of anilines is 2. The summed E-state index contributed by atoms with van der Waals surface area (Å²) in [5.41, 5.74) is 14.6. The molecule has 0 fully saturated rings. The second-order valence-electron chi connectivity index (χ2n) is 5.74. The maximum Gasteiger partial charge on any atom is 0.255 e. The molecule has 26 heavy (non-hydrogen) atoms. The molecule has 1 heterocycles. The summed E-state index contributed by atoms with van der Waals surface area (Å²) in [5.74, 6) is -0.710. The molecule has 2 aromatic carbocycles. The van der Waals surface area contributed by atoms with E-state index in [0.717, 1.165) is 16.0 Å². The normalized spacial score (nSPS) is 10.5. The number of primary amides is 1. The summed E-state index contributed by atoms with van der Waals surface area (Å²) < 4.78 is 0. The van der Waals surface area contributed by atoms with E-state index in [9.17, 15) is 9.59 Å². The van der Waals surface area contributed by atoms with Crippen LogP contribution in [-0.2, 0) is 11.2 Å². The highest BCUT2D eigenvalue weighted by Crippen LogP contribution is 2.30. The largest absolute Gasteiger partial charge is 0.397 e. The predicted molar refractivity (Wildman–Crippen MR) is 106 cm³/mol. The minimum absolute atomic E-state index is 0.245. The minimum Gasteiger partial charge on any atom is -0.397 e. The van der Waals surface area contributed by atoms with E-state index in [2.05, 4.69) is 5.32 Å². The first-order valence-electron chi connectivity index (χ1n) is 7.99. The molecule has 0 aliphatic rings. The van der Waals surface area contributed by atoms with Gasteiger partial charge in [-0.05, 0) is 53.3 Å². The van der Waals surface area contributed by atoms with Crippen molar-refractivity contribution >= 4 is 34.5 Å². The van der Waals surface area contributed by atoms with E-state index in [1.54, 1.807) is 41.7 Å². The molecule has 1 aromatic heterocycles. The number of nitrogens with one attached hydrogen (secondary N) is 1. The molecule has 2 amide bonds. The van der Waals surface area contributed by atoms with Crippen molar-refractivity contribution in [1.29, 1.82) is 0 Å². The van der Waals surface area contributed by atoms with Crippen molar-refractivity contribution in [2.75, 3.05) is 11.1 Å². The number of carbonyl (C=O) groups excluding carboxylic acids is 2. The second-order valence-corrected chi connectivity index (χ2v) is 6.69. The van der Waals surface area contributed by atoms with Crippen molar-refractivity contribution in [3.8, 4) is 10.4 Å². The van der Waals surface area contributed by atoms with Gasteiger partial charge in [0, 0.05) is 10.4 Å². The van der Waals surface area contributed by atoms with Crippen molar-refractivity contribution in [3.63, 3.8) is 0 Å². The molecule has 1 radical (unpaired) electrons. The summed E-state index contributed by atoms with van der Waals surface area (Å²) in [4.78, 5) is 24.4. The molecule has 0 saturated carbocycles. The fourth-order valence-corrected chi connectivity index (χ4v) is 3.19. The van der Waals surface area contributed by atoms with Crippen LogP contribution < -0.4 is 16.8 Å². The fourth-order valence-electron chi connectivity index (χ4n) is 2.47. The highest BCUT2D eigenvalue weighted by atomic mass is 32.1. The third-order valence-electron chi connectivity index (χ3n) is 3.86. The zero-order chi connectivity index (χ0) is 18.5. The van der Waals surface area contributed by atoms with Crippen LogP contribution >= 0.6 is 11.3 Å². The van der Waals surface area contributed by atoms with Crippen molar-refractivity contribution in [2.24, 2.45) is 5.73 Å². The first-order valence-corrected chi connectivity index (χ1v) is 8.87. The summed E-state index contributed by atoms with van der Waals surface area (Å²) in [5, 5.41) is 4.86. The number of benzene rings is 2. The van der Waals surface area contributed by atoms with Crippen LogP contribution in [0.15, 0.2) is 60.0 Å². The lowest BCUT2D eigenvalue weighted by atomic mass is 10.1. The van der Waals surface area contributed by atoms with E-state index in [1.807, 2.05) is 29.6 Å². The van der Waals surface area contributed by atoms with Crippen LogP contribution in [0.2, 0.25) is 0 Å². The predicted octanol–water partition coefficient (Wildman–Crippen LogP) is 3.48. The lowest BCUT2D eigenvalue weighted by molar-refractivity contribution is -0.115. The van der Waals surface area contributed by atoms with Crippen molar-refractivity contribution in [3.05, 3.63) is 77.5 Å². The number of nitrogens with two attached hydrogens (primary N) is 2. The highest BCUT2D eigenvalue weighted by Gasteiger charge is 2.10. The van der Waals surface area contributed by atoms with Gasteiger partial charge in [0.05, 0.1) is 17.8 Å². The molecule has 3 rings (SSSR count). The van der Waals surface area contributed by atoms with Gasteiger partial charge in [-0.25, -0.2) is 0 Å². The minimum atomic E-state index is -0.465. The summed E-state index contributed by atoms with van der Waals surface area (Å²) >= 11 is 1.62. The Bertz CT molecular complexity index is 919. The Morgan fingerprint density at radius 2 is 1.85 bits per heavy atom. The van der Waals surface area contributed by atoms with Crippen LogP contribution in [0, 0.1) is 6.42 Å². The molecule has 6 heteroatoms. The molecule has 0 spiro atoms. The van der Waals surface area contributed by atoms with E-state index in [0.29, 0.717) is 23.4 Å². The van der Waals surface area contributed by atoms with Crippen molar-refractivity contribution in [1.82, 2.24) is 0 Å². The van der Waals surface area contributed by atoms with Gasteiger partial charge in [0.15, 0.2) is 0 Å². The third kappa shape index (κ3) is 4.29. The fraction of sp³-hybridized carbons (Fsp3) is 0.0500. The maximum atomic E-state index is 12.5. The zero-order valence-electron chi connectivity index (χ0n) is 13.9. The van der Waals surface area contributed by atoms with Crippen LogP contribution in [0.3, 0.4) is 0 Å². The van der Waals surface area contributed by atoms with Crippen molar-refractivity contribution in [2.45, 2.75) is 6.42 Å². The van der Waals surface area contributed by atoms with Crippen LogP contribution in [0.5, 0.6) is 0 Å². The van der Waals surface area contributed by atoms with Crippen LogP contribution in [0.4, 0.5) is 11.4 Å². The molecule has 131 valence electrons. The smallest absolute Gasteiger partial charge is 0.255 e. The SMILES string of the molecule is NC(=O)[CH]Cc1ccc(C(=O)Nc2cc(-c3cccs3)ccc2N)cc1. The Hall–Kier alpha value is -3.12. The molecule has 3 aromatic rings. The first kappa shape index (κ1) is 17.7. The van der Waals surface area contributed by atoms with Gasteiger partial charge in [-0.15, -0.1) is 11.3 Å². The second kappa shape index (κ2) is 7.84. The number of hydrogen-bond donors (Lipinski definition) is 3. The zero-order valence-corrected chi connectivity index (χ0v) is 14.8. The summed E-state index contributed by atoms with van der Waals surface area (Å²) in [6, 6.07) is 16.6. The quantitative estimate of drug-likeness (QED) is 0.584. The van der Waals surface area contributed by atoms with Gasteiger partial charge in [-0.1, -0.05) is 24.3 Å². The van der Waals surface area contributed by atoms with Gasteiger partial charge in [0.1, 0.15) is 0 Å². The Kier molecular flexibility index (Phi) is 5.34. The number of amides is 2. The number of thiophene rings is 1. The lowest BCUT2D eigenvalue weighted by Gasteiger charge is -2.10. The summed E-state index contributed by atoms with van der Waals surface area (Å²) in [6.07, 6.45) is 1.83. The Morgan fingerprint density at radius 1 is 1.08 bits per heavy atom. The maximum absolute atomic E-state index is 12.5. The van der Waals surface area contributed by atoms with Crippen LogP contribution in [0.1, 0.15) is 15.9 Å². The molecule has 0 aliphatic carbocycles. The van der Waals surface area contributed by atoms with Gasteiger partial charge in [-0.2, -0.15) is 0 Å². The Labute approximate surface area is 155 Å². The van der Waals surface area contributed by atoms with Gasteiger partial charge in [-0.3, -0.25) is 9.59 Å². The molecule has 0 aliphatic heterocycles. The monoisotopic (exact) mass is 364 g/mol. The molecular weight excluding hydrogens is 346 g/mol.